The SMILES string of the molecule is COc1ccc(N=Cc2cc(N=Nc3ccc(C(=O)O)cc3)ccc2O)cc1. The van der Waals surface area contributed by atoms with Gasteiger partial charge in [-0.15, -0.1) is 0 Å². The Hall–Kier alpha value is -4.00. The molecule has 0 unspecified atom stereocenters. The van der Waals surface area contributed by atoms with E-state index >= 15 is 0 Å². The van der Waals surface area contributed by atoms with Crippen molar-refractivity contribution < 1.29 is 19.7 Å². The maximum absolute atomic E-state index is 10.9. The highest BCUT2D eigenvalue weighted by molar-refractivity contribution is 5.88. The molecule has 0 radical (unpaired) electrons. The van der Waals surface area contributed by atoms with E-state index in [0.29, 0.717) is 22.6 Å². The van der Waals surface area contributed by atoms with Crippen LogP contribution < -0.4 is 4.74 Å². The molecule has 0 spiro atoms. The fourth-order valence-corrected chi connectivity index (χ4v) is 2.31. The van der Waals surface area contributed by atoms with Crippen molar-refractivity contribution in [3.63, 3.8) is 0 Å². The number of ether oxygens (including phenoxy) is 1. The minimum atomic E-state index is -0.997. The van der Waals surface area contributed by atoms with Gasteiger partial charge in [-0.2, -0.15) is 10.2 Å². The normalized spacial score (nSPS) is 11.2. The van der Waals surface area contributed by atoms with E-state index in [1.165, 1.54) is 24.4 Å². The first-order valence-electron chi connectivity index (χ1n) is 8.31. The summed E-state index contributed by atoms with van der Waals surface area (Å²) < 4.78 is 5.10. The number of rotatable bonds is 6. The zero-order valence-corrected chi connectivity index (χ0v) is 15.0. The second kappa shape index (κ2) is 8.59. The Bertz CT molecular complexity index is 1030. The van der Waals surface area contributed by atoms with Crippen LogP contribution in [-0.4, -0.2) is 29.5 Å². The van der Waals surface area contributed by atoms with Gasteiger partial charge in [-0.1, -0.05) is 0 Å². The summed E-state index contributed by atoms with van der Waals surface area (Å²) in [4.78, 5) is 15.2. The van der Waals surface area contributed by atoms with E-state index in [9.17, 15) is 9.90 Å². The standard InChI is InChI=1S/C21H17N3O4/c1-28-19-9-6-16(7-10-19)22-13-15-12-18(8-11-20(15)25)24-23-17-4-2-14(3-5-17)21(26)27/h2-13,25H,1H3,(H,26,27). The van der Waals surface area contributed by atoms with Crippen molar-refractivity contribution in [1.82, 2.24) is 0 Å². The molecule has 0 atom stereocenters. The van der Waals surface area contributed by atoms with E-state index in [0.717, 1.165) is 5.75 Å². The molecule has 0 aliphatic heterocycles. The number of azo groups is 1. The van der Waals surface area contributed by atoms with Crippen LogP contribution in [0.3, 0.4) is 0 Å². The van der Waals surface area contributed by atoms with Gasteiger partial charge >= 0.3 is 5.97 Å². The summed E-state index contributed by atoms with van der Waals surface area (Å²) in [5.41, 5.74) is 2.43. The first kappa shape index (κ1) is 18.8. The monoisotopic (exact) mass is 375 g/mol. The smallest absolute Gasteiger partial charge is 0.335 e. The summed E-state index contributed by atoms with van der Waals surface area (Å²) in [5.74, 6) is -0.189. The Kier molecular flexibility index (Phi) is 5.76. The van der Waals surface area contributed by atoms with Gasteiger partial charge in [0.05, 0.1) is 29.7 Å². The summed E-state index contributed by atoms with van der Waals surface area (Å²) in [5, 5.41) is 27.1. The molecule has 0 aliphatic carbocycles. The number of aromatic carboxylic acids is 1. The van der Waals surface area contributed by atoms with Crippen LogP contribution in [0.25, 0.3) is 0 Å². The molecular formula is C21H17N3O4. The van der Waals surface area contributed by atoms with Crippen LogP contribution in [0.5, 0.6) is 11.5 Å². The third kappa shape index (κ3) is 4.79. The van der Waals surface area contributed by atoms with E-state index in [2.05, 4.69) is 15.2 Å². The first-order chi connectivity index (χ1) is 13.5. The van der Waals surface area contributed by atoms with Gasteiger partial charge in [0.25, 0.3) is 0 Å². The molecule has 0 amide bonds. The van der Waals surface area contributed by atoms with Gasteiger partial charge in [-0.05, 0) is 66.7 Å². The van der Waals surface area contributed by atoms with Gasteiger partial charge in [-0.25, -0.2) is 4.79 Å². The molecule has 3 aromatic rings. The first-order valence-corrected chi connectivity index (χ1v) is 8.31. The number of aromatic hydroxyl groups is 1. The Labute approximate surface area is 161 Å². The molecule has 0 heterocycles. The number of carboxylic acid groups (broad SMARTS) is 1. The fraction of sp³-hybridized carbons (Fsp3) is 0.0476. The predicted molar refractivity (Wildman–Crippen MR) is 106 cm³/mol. The highest BCUT2D eigenvalue weighted by Gasteiger charge is 2.03. The fourth-order valence-electron chi connectivity index (χ4n) is 2.31. The minimum absolute atomic E-state index is 0.0713. The molecule has 0 fully saturated rings. The number of hydrogen-bond acceptors (Lipinski definition) is 6. The molecule has 7 heteroatoms. The Morgan fingerprint density at radius 1 is 0.893 bits per heavy atom. The van der Waals surface area contributed by atoms with Crippen molar-refractivity contribution >= 4 is 29.2 Å². The lowest BCUT2D eigenvalue weighted by atomic mass is 10.2. The topological polar surface area (TPSA) is 104 Å². The van der Waals surface area contributed by atoms with Crippen LogP contribution in [0.2, 0.25) is 0 Å². The zero-order valence-electron chi connectivity index (χ0n) is 15.0. The van der Waals surface area contributed by atoms with Crippen LogP contribution in [0.4, 0.5) is 17.1 Å². The van der Waals surface area contributed by atoms with Gasteiger partial charge in [0.1, 0.15) is 11.5 Å². The highest BCUT2D eigenvalue weighted by atomic mass is 16.5. The molecule has 0 bridgehead atoms. The molecule has 28 heavy (non-hydrogen) atoms. The van der Waals surface area contributed by atoms with Crippen molar-refractivity contribution in [2.75, 3.05) is 7.11 Å². The average Bonchev–Trinajstić information content (AvgIpc) is 2.73. The molecular weight excluding hydrogens is 358 g/mol. The van der Waals surface area contributed by atoms with Crippen molar-refractivity contribution in [1.29, 1.82) is 0 Å². The second-order valence-corrected chi connectivity index (χ2v) is 5.75. The van der Waals surface area contributed by atoms with Crippen molar-refractivity contribution in [2.45, 2.75) is 0 Å². The van der Waals surface area contributed by atoms with Crippen LogP contribution in [0, 0.1) is 0 Å². The van der Waals surface area contributed by atoms with E-state index in [1.807, 2.05) is 0 Å². The van der Waals surface area contributed by atoms with Crippen LogP contribution in [0.15, 0.2) is 82.0 Å². The van der Waals surface area contributed by atoms with Crippen LogP contribution in [0.1, 0.15) is 15.9 Å². The third-order valence-electron chi connectivity index (χ3n) is 3.83. The number of hydrogen-bond donors (Lipinski definition) is 2. The summed E-state index contributed by atoms with van der Waals surface area (Å²) >= 11 is 0. The van der Waals surface area contributed by atoms with Crippen molar-refractivity contribution in [3.8, 4) is 11.5 Å². The van der Waals surface area contributed by atoms with Gasteiger partial charge in [0, 0.05) is 11.8 Å². The number of phenols is 1. The number of carboxylic acids is 1. The van der Waals surface area contributed by atoms with E-state index in [1.54, 1.807) is 55.6 Å². The Morgan fingerprint density at radius 3 is 2.14 bits per heavy atom. The molecule has 3 aromatic carbocycles. The lowest BCUT2D eigenvalue weighted by Crippen LogP contribution is -1.93. The molecule has 0 aromatic heterocycles. The van der Waals surface area contributed by atoms with E-state index < -0.39 is 5.97 Å². The van der Waals surface area contributed by atoms with Crippen LogP contribution >= 0.6 is 0 Å². The van der Waals surface area contributed by atoms with E-state index in [4.69, 9.17) is 9.84 Å². The summed E-state index contributed by atoms with van der Waals surface area (Å²) in [6.07, 6.45) is 1.54. The second-order valence-electron chi connectivity index (χ2n) is 5.75. The lowest BCUT2D eigenvalue weighted by molar-refractivity contribution is 0.0697. The highest BCUT2D eigenvalue weighted by Crippen LogP contribution is 2.25. The molecule has 2 N–H and O–H groups in total. The third-order valence-corrected chi connectivity index (χ3v) is 3.83. The summed E-state index contributed by atoms with van der Waals surface area (Å²) in [7, 11) is 1.59. The molecule has 0 saturated heterocycles. The van der Waals surface area contributed by atoms with Gasteiger partial charge in [0.2, 0.25) is 0 Å². The van der Waals surface area contributed by atoms with Crippen molar-refractivity contribution in [2.24, 2.45) is 15.2 Å². The maximum atomic E-state index is 10.9. The van der Waals surface area contributed by atoms with Crippen LogP contribution in [-0.2, 0) is 0 Å². The molecule has 0 saturated carbocycles. The molecule has 3 rings (SSSR count). The maximum Gasteiger partial charge on any atom is 0.335 e. The van der Waals surface area contributed by atoms with Gasteiger partial charge in [-0.3, -0.25) is 4.99 Å². The lowest BCUT2D eigenvalue weighted by Gasteiger charge is -2.01. The molecule has 0 aliphatic rings. The van der Waals surface area contributed by atoms with Gasteiger partial charge < -0.3 is 14.9 Å². The van der Waals surface area contributed by atoms with Crippen molar-refractivity contribution in [3.05, 3.63) is 77.9 Å². The number of phenolic OH excluding ortho intramolecular Hbond substituents is 1. The Balaban J connectivity index is 1.76. The average molecular weight is 375 g/mol. The molecule has 140 valence electrons. The number of carbonyl (C=O) groups is 1. The Morgan fingerprint density at radius 2 is 1.50 bits per heavy atom. The minimum Gasteiger partial charge on any atom is -0.507 e. The summed E-state index contributed by atoms with van der Waals surface area (Å²) in [6, 6.07) is 18.0. The number of methoxy groups -OCH3 is 1. The number of benzene rings is 3. The van der Waals surface area contributed by atoms with E-state index in [-0.39, 0.29) is 11.3 Å². The predicted octanol–water partition coefficient (Wildman–Crippen LogP) is 5.27. The quantitative estimate of drug-likeness (QED) is 0.452. The largest absolute Gasteiger partial charge is 0.507 e. The molecule has 7 nitrogen and oxygen atoms in total. The number of aliphatic imine (C=N–C) groups is 1. The number of nitrogens with zero attached hydrogens (tertiary/aromatic N) is 3. The zero-order chi connectivity index (χ0) is 19.9. The summed E-state index contributed by atoms with van der Waals surface area (Å²) in [6.45, 7) is 0. The van der Waals surface area contributed by atoms with Gasteiger partial charge in [0.15, 0.2) is 0 Å².